The molecule has 20 heavy (non-hydrogen) atoms. The van der Waals surface area contributed by atoms with Crippen LogP contribution < -0.4 is 5.32 Å². The van der Waals surface area contributed by atoms with Crippen molar-refractivity contribution < 1.29 is 14.7 Å². The summed E-state index contributed by atoms with van der Waals surface area (Å²) in [5, 5.41) is 10.9. The Morgan fingerprint density at radius 2 is 2.00 bits per heavy atom. The van der Waals surface area contributed by atoms with E-state index >= 15 is 0 Å². The molecular weight excluding hydrogens is 254 g/mol. The zero-order valence-electron chi connectivity index (χ0n) is 12.8. The fourth-order valence-electron chi connectivity index (χ4n) is 1.98. The molecule has 0 aliphatic heterocycles. The van der Waals surface area contributed by atoms with Gasteiger partial charge in [-0.05, 0) is 32.6 Å². The van der Waals surface area contributed by atoms with Crippen molar-refractivity contribution in [2.24, 2.45) is 5.92 Å². The minimum Gasteiger partial charge on any atom is -0.480 e. The van der Waals surface area contributed by atoms with E-state index in [4.69, 9.17) is 5.11 Å². The van der Waals surface area contributed by atoms with Crippen LogP contribution in [-0.4, -0.2) is 23.5 Å². The molecule has 0 saturated carbocycles. The monoisotopic (exact) mass is 281 g/mol. The SMILES string of the molecule is CC=CC(=CCC)CCCCC(C)C(=O)NCC(=O)O. The number of allylic oxidation sites excluding steroid dienone is 4. The van der Waals surface area contributed by atoms with Crippen LogP contribution in [0.5, 0.6) is 0 Å². The van der Waals surface area contributed by atoms with E-state index in [-0.39, 0.29) is 18.4 Å². The van der Waals surface area contributed by atoms with E-state index in [9.17, 15) is 9.59 Å². The predicted molar refractivity (Wildman–Crippen MR) is 81.5 cm³/mol. The number of carbonyl (C=O) groups excluding carboxylic acids is 1. The highest BCUT2D eigenvalue weighted by Gasteiger charge is 2.12. The highest BCUT2D eigenvalue weighted by molar-refractivity contribution is 5.82. The molecule has 0 bridgehead atoms. The van der Waals surface area contributed by atoms with Crippen LogP contribution in [0.1, 0.15) is 52.9 Å². The van der Waals surface area contributed by atoms with Gasteiger partial charge in [0.25, 0.3) is 0 Å². The number of carbonyl (C=O) groups is 2. The summed E-state index contributed by atoms with van der Waals surface area (Å²) in [5.74, 6) is -1.31. The molecule has 1 unspecified atom stereocenters. The van der Waals surface area contributed by atoms with Crippen molar-refractivity contribution in [2.75, 3.05) is 6.54 Å². The molecule has 0 aromatic rings. The summed E-state index contributed by atoms with van der Waals surface area (Å²) < 4.78 is 0. The Bertz CT molecular complexity index is 359. The third kappa shape index (κ3) is 9.36. The summed E-state index contributed by atoms with van der Waals surface area (Å²) >= 11 is 0. The normalized spacial score (nSPS) is 13.4. The van der Waals surface area contributed by atoms with Gasteiger partial charge in [-0.3, -0.25) is 9.59 Å². The lowest BCUT2D eigenvalue weighted by molar-refractivity contribution is -0.138. The van der Waals surface area contributed by atoms with Crippen molar-refractivity contribution in [3.63, 3.8) is 0 Å². The lowest BCUT2D eigenvalue weighted by Crippen LogP contribution is -2.33. The second kappa shape index (κ2) is 11.3. The van der Waals surface area contributed by atoms with E-state index in [0.717, 1.165) is 32.1 Å². The Morgan fingerprint density at radius 3 is 2.55 bits per heavy atom. The molecule has 0 aliphatic carbocycles. The van der Waals surface area contributed by atoms with E-state index < -0.39 is 5.97 Å². The van der Waals surface area contributed by atoms with Crippen LogP contribution >= 0.6 is 0 Å². The van der Waals surface area contributed by atoms with Crippen LogP contribution in [0, 0.1) is 5.92 Å². The van der Waals surface area contributed by atoms with Crippen LogP contribution in [0.15, 0.2) is 23.8 Å². The van der Waals surface area contributed by atoms with Crippen LogP contribution in [-0.2, 0) is 9.59 Å². The first-order valence-corrected chi connectivity index (χ1v) is 7.32. The van der Waals surface area contributed by atoms with Gasteiger partial charge in [0.05, 0.1) is 0 Å². The summed E-state index contributed by atoms with van der Waals surface area (Å²) in [4.78, 5) is 21.9. The molecule has 0 rings (SSSR count). The number of amides is 1. The number of carboxylic acids is 1. The number of carboxylic acid groups (broad SMARTS) is 1. The summed E-state index contributed by atoms with van der Waals surface area (Å²) in [6.45, 7) is 5.68. The number of aliphatic carboxylic acids is 1. The molecule has 0 spiro atoms. The number of rotatable bonds is 10. The Balaban J connectivity index is 3.90. The van der Waals surface area contributed by atoms with Crippen LogP contribution in [0.25, 0.3) is 0 Å². The number of unbranched alkanes of at least 4 members (excludes halogenated alkanes) is 1. The van der Waals surface area contributed by atoms with E-state index in [0.29, 0.717) is 0 Å². The fraction of sp³-hybridized carbons (Fsp3) is 0.625. The smallest absolute Gasteiger partial charge is 0.322 e. The van der Waals surface area contributed by atoms with E-state index in [1.807, 2.05) is 19.9 Å². The van der Waals surface area contributed by atoms with Gasteiger partial charge in [0.1, 0.15) is 6.54 Å². The molecule has 114 valence electrons. The third-order valence-electron chi connectivity index (χ3n) is 3.06. The van der Waals surface area contributed by atoms with Crippen LogP contribution in [0.3, 0.4) is 0 Å². The molecule has 0 fully saturated rings. The molecule has 1 amide bonds. The maximum atomic E-state index is 11.6. The fourth-order valence-corrected chi connectivity index (χ4v) is 1.98. The van der Waals surface area contributed by atoms with E-state index in [1.165, 1.54) is 5.57 Å². The summed E-state index contributed by atoms with van der Waals surface area (Å²) in [7, 11) is 0. The minimum atomic E-state index is -1.01. The molecular formula is C16H27NO3. The molecule has 0 aromatic carbocycles. The molecule has 0 aliphatic rings. The van der Waals surface area contributed by atoms with E-state index in [2.05, 4.69) is 24.4 Å². The first-order chi connectivity index (χ1) is 9.51. The van der Waals surface area contributed by atoms with Gasteiger partial charge in [-0.15, -0.1) is 0 Å². The van der Waals surface area contributed by atoms with Gasteiger partial charge in [-0.25, -0.2) is 0 Å². The molecule has 0 radical (unpaired) electrons. The molecule has 2 N–H and O–H groups in total. The van der Waals surface area contributed by atoms with Crippen molar-refractivity contribution in [1.29, 1.82) is 0 Å². The van der Waals surface area contributed by atoms with Gasteiger partial charge >= 0.3 is 5.97 Å². The molecule has 0 saturated heterocycles. The summed E-state index contributed by atoms with van der Waals surface area (Å²) in [6.07, 6.45) is 11.3. The number of hydrogen-bond donors (Lipinski definition) is 2. The average molecular weight is 281 g/mol. The largest absolute Gasteiger partial charge is 0.480 e. The first-order valence-electron chi connectivity index (χ1n) is 7.32. The van der Waals surface area contributed by atoms with Crippen molar-refractivity contribution in [3.8, 4) is 0 Å². The topological polar surface area (TPSA) is 66.4 Å². The maximum absolute atomic E-state index is 11.6. The maximum Gasteiger partial charge on any atom is 0.322 e. The molecule has 1 atom stereocenters. The first kappa shape index (κ1) is 18.4. The van der Waals surface area contributed by atoms with Crippen LogP contribution in [0.2, 0.25) is 0 Å². The molecule has 4 heteroatoms. The van der Waals surface area contributed by atoms with Crippen LogP contribution in [0.4, 0.5) is 0 Å². The number of hydrogen-bond acceptors (Lipinski definition) is 2. The van der Waals surface area contributed by atoms with Gasteiger partial charge in [-0.2, -0.15) is 0 Å². The van der Waals surface area contributed by atoms with Gasteiger partial charge in [-0.1, -0.05) is 44.1 Å². The highest BCUT2D eigenvalue weighted by Crippen LogP contribution is 2.14. The second-order valence-electron chi connectivity index (χ2n) is 4.95. The van der Waals surface area contributed by atoms with Crippen molar-refractivity contribution in [3.05, 3.63) is 23.8 Å². The average Bonchev–Trinajstić information content (AvgIpc) is 2.40. The minimum absolute atomic E-state index is 0.130. The zero-order valence-corrected chi connectivity index (χ0v) is 12.8. The third-order valence-corrected chi connectivity index (χ3v) is 3.06. The summed E-state index contributed by atoms with van der Waals surface area (Å²) in [6, 6.07) is 0. The Labute approximate surface area is 122 Å². The lowest BCUT2D eigenvalue weighted by atomic mass is 10.00. The van der Waals surface area contributed by atoms with Gasteiger partial charge < -0.3 is 10.4 Å². The van der Waals surface area contributed by atoms with Gasteiger partial charge in [0, 0.05) is 5.92 Å². The van der Waals surface area contributed by atoms with Gasteiger partial charge in [0.2, 0.25) is 5.91 Å². The second-order valence-corrected chi connectivity index (χ2v) is 4.95. The molecule has 4 nitrogen and oxygen atoms in total. The Hall–Kier alpha value is -1.58. The van der Waals surface area contributed by atoms with Gasteiger partial charge in [0.15, 0.2) is 0 Å². The predicted octanol–water partition coefficient (Wildman–Crippen LogP) is 3.30. The van der Waals surface area contributed by atoms with Crippen molar-refractivity contribution >= 4 is 11.9 Å². The quantitative estimate of drug-likeness (QED) is 0.477. The lowest BCUT2D eigenvalue weighted by Gasteiger charge is -2.11. The standard InChI is InChI=1S/C16H27NO3/c1-4-8-14(9-5-2)11-7-6-10-13(3)16(20)17-12-15(18)19/h4,8-9,13H,5-7,10-12H2,1-3H3,(H,17,20)(H,18,19). The summed E-state index contributed by atoms with van der Waals surface area (Å²) in [5.41, 5.74) is 1.35. The molecule has 0 aromatic heterocycles. The molecule has 0 heterocycles. The Kier molecular flexibility index (Phi) is 10.4. The highest BCUT2D eigenvalue weighted by atomic mass is 16.4. The van der Waals surface area contributed by atoms with E-state index in [1.54, 1.807) is 0 Å². The number of nitrogens with one attached hydrogen (secondary N) is 1. The van der Waals surface area contributed by atoms with Crippen molar-refractivity contribution in [2.45, 2.75) is 52.9 Å². The van der Waals surface area contributed by atoms with Crippen molar-refractivity contribution in [1.82, 2.24) is 5.32 Å². The Morgan fingerprint density at radius 1 is 1.30 bits per heavy atom. The zero-order chi connectivity index (χ0) is 15.4.